The zero-order chi connectivity index (χ0) is 24.1. The van der Waals surface area contributed by atoms with E-state index in [2.05, 4.69) is 0 Å². The minimum atomic E-state index is -0.215. The third-order valence-electron chi connectivity index (χ3n) is 6.07. The summed E-state index contributed by atoms with van der Waals surface area (Å²) < 4.78 is 5.17. The number of hydrogen-bond donors (Lipinski definition) is 2. The predicted molar refractivity (Wildman–Crippen MR) is 128 cm³/mol. The van der Waals surface area contributed by atoms with Gasteiger partial charge in [-0.2, -0.15) is 0 Å². The molecule has 0 aromatic heterocycles. The number of ether oxygens (including phenoxy) is 1. The zero-order valence-electron chi connectivity index (χ0n) is 19.1. The summed E-state index contributed by atoms with van der Waals surface area (Å²) in [6.45, 7) is 0.608. The average Bonchev–Trinajstić information content (AvgIpc) is 2.84. The maximum absolute atomic E-state index is 13.2. The van der Waals surface area contributed by atoms with Gasteiger partial charge in [0.15, 0.2) is 0 Å². The highest BCUT2D eigenvalue weighted by Crippen LogP contribution is 2.25. The molecule has 0 aliphatic carbocycles. The maximum atomic E-state index is 13.2. The molecule has 7 nitrogen and oxygen atoms in total. The van der Waals surface area contributed by atoms with Crippen molar-refractivity contribution in [1.82, 2.24) is 9.80 Å². The number of methoxy groups -OCH3 is 1. The Morgan fingerprint density at radius 3 is 2.29 bits per heavy atom. The summed E-state index contributed by atoms with van der Waals surface area (Å²) in [6.07, 6.45) is 1.43. The molecule has 1 fully saturated rings. The minimum absolute atomic E-state index is 0.0303. The Balaban J connectivity index is 1.55. The van der Waals surface area contributed by atoms with Gasteiger partial charge in [-0.3, -0.25) is 9.59 Å². The molecule has 0 bridgehead atoms. The van der Waals surface area contributed by atoms with Crippen LogP contribution in [0, 0.1) is 0 Å². The summed E-state index contributed by atoms with van der Waals surface area (Å²) in [4.78, 5) is 29.7. The highest BCUT2D eigenvalue weighted by Gasteiger charge is 2.35. The van der Waals surface area contributed by atoms with Crippen molar-refractivity contribution in [2.45, 2.75) is 25.4 Å². The van der Waals surface area contributed by atoms with E-state index in [9.17, 15) is 19.8 Å². The van der Waals surface area contributed by atoms with Gasteiger partial charge in [0.05, 0.1) is 13.2 Å². The number of aryl methyl sites for hydroxylation is 1. The molecule has 0 saturated carbocycles. The van der Waals surface area contributed by atoms with Gasteiger partial charge in [-0.15, -0.1) is 0 Å². The second kappa shape index (κ2) is 10.3. The van der Waals surface area contributed by atoms with Gasteiger partial charge in [-0.1, -0.05) is 30.3 Å². The number of carbonyl (C=O) groups excluding carboxylic acids is 2. The number of piperazine rings is 1. The Morgan fingerprint density at radius 1 is 0.971 bits per heavy atom. The number of phenolic OH excluding ortho intramolecular Hbond substituents is 2. The van der Waals surface area contributed by atoms with Crippen LogP contribution in [0.2, 0.25) is 0 Å². The SMILES string of the molecule is COc1ccc(C(=O)N2CC(=O)N(Cc3cc(O)cc(O)c3)[C@@H](CCc3ccccc3)C2)cc1. The van der Waals surface area contributed by atoms with Gasteiger partial charge in [0.25, 0.3) is 5.91 Å². The number of hydrogen-bond acceptors (Lipinski definition) is 5. The van der Waals surface area contributed by atoms with E-state index < -0.39 is 0 Å². The van der Waals surface area contributed by atoms with E-state index in [0.717, 1.165) is 12.0 Å². The highest BCUT2D eigenvalue weighted by molar-refractivity contribution is 5.97. The number of carbonyl (C=O) groups is 2. The van der Waals surface area contributed by atoms with Crippen molar-refractivity contribution < 1.29 is 24.5 Å². The summed E-state index contributed by atoms with van der Waals surface area (Å²) in [5.41, 5.74) is 2.29. The summed E-state index contributed by atoms with van der Waals surface area (Å²) in [6, 6.07) is 21.0. The summed E-state index contributed by atoms with van der Waals surface area (Å²) in [7, 11) is 1.57. The lowest BCUT2D eigenvalue weighted by molar-refractivity contribution is -0.139. The molecular formula is C27H28N2O5. The van der Waals surface area contributed by atoms with Gasteiger partial charge in [0.2, 0.25) is 5.91 Å². The summed E-state index contributed by atoms with van der Waals surface area (Å²) in [5.74, 6) is 0.171. The molecule has 1 saturated heterocycles. The summed E-state index contributed by atoms with van der Waals surface area (Å²) in [5, 5.41) is 19.7. The Morgan fingerprint density at radius 2 is 1.65 bits per heavy atom. The second-order valence-electron chi connectivity index (χ2n) is 8.47. The van der Waals surface area contributed by atoms with Gasteiger partial charge >= 0.3 is 0 Å². The number of aromatic hydroxyl groups is 2. The molecule has 4 rings (SSSR count). The van der Waals surface area contributed by atoms with Crippen LogP contribution in [0.4, 0.5) is 0 Å². The zero-order valence-corrected chi connectivity index (χ0v) is 19.1. The third kappa shape index (κ3) is 5.49. The normalized spacial score (nSPS) is 15.9. The van der Waals surface area contributed by atoms with E-state index >= 15 is 0 Å². The largest absolute Gasteiger partial charge is 0.508 e. The molecule has 7 heteroatoms. The summed E-state index contributed by atoms with van der Waals surface area (Å²) >= 11 is 0. The molecule has 2 N–H and O–H groups in total. The molecule has 0 radical (unpaired) electrons. The van der Waals surface area contributed by atoms with Crippen molar-refractivity contribution in [2.75, 3.05) is 20.2 Å². The molecular weight excluding hydrogens is 432 g/mol. The lowest BCUT2D eigenvalue weighted by Gasteiger charge is -2.41. The molecule has 1 heterocycles. The van der Waals surface area contributed by atoms with Crippen LogP contribution < -0.4 is 4.74 Å². The van der Waals surface area contributed by atoms with Crippen molar-refractivity contribution in [3.05, 3.63) is 89.5 Å². The highest BCUT2D eigenvalue weighted by atomic mass is 16.5. The lowest BCUT2D eigenvalue weighted by atomic mass is 10.00. The molecule has 1 aliphatic rings. The third-order valence-corrected chi connectivity index (χ3v) is 6.07. The van der Waals surface area contributed by atoms with Crippen LogP contribution in [-0.2, 0) is 17.8 Å². The van der Waals surface area contributed by atoms with Gasteiger partial charge in [0.1, 0.15) is 23.8 Å². The topological polar surface area (TPSA) is 90.3 Å². The molecule has 0 spiro atoms. The average molecular weight is 461 g/mol. The fourth-order valence-electron chi connectivity index (χ4n) is 4.33. The molecule has 1 aliphatic heterocycles. The van der Waals surface area contributed by atoms with Crippen molar-refractivity contribution in [1.29, 1.82) is 0 Å². The van der Waals surface area contributed by atoms with Crippen LogP contribution in [0.1, 0.15) is 27.9 Å². The van der Waals surface area contributed by atoms with Crippen LogP contribution in [0.25, 0.3) is 0 Å². The van der Waals surface area contributed by atoms with Crippen molar-refractivity contribution in [3.63, 3.8) is 0 Å². The standard InChI is InChI=1S/C27H28N2O5/c1-34-25-11-8-21(9-12-25)27(33)28-17-22(10-7-19-5-3-2-4-6-19)29(26(32)18-28)16-20-13-23(30)15-24(31)14-20/h2-6,8-9,11-15,22,30-31H,7,10,16-18H2,1H3/t22-/m0/s1. The fraction of sp³-hybridized carbons (Fsp3) is 0.259. The monoisotopic (exact) mass is 460 g/mol. The van der Waals surface area contributed by atoms with E-state index in [1.54, 1.807) is 41.2 Å². The van der Waals surface area contributed by atoms with Gasteiger partial charge in [-0.25, -0.2) is 0 Å². The lowest BCUT2D eigenvalue weighted by Crippen LogP contribution is -2.57. The Kier molecular flexibility index (Phi) is 7.01. The van der Waals surface area contributed by atoms with Gasteiger partial charge in [-0.05, 0) is 60.4 Å². The minimum Gasteiger partial charge on any atom is -0.508 e. The van der Waals surface area contributed by atoms with E-state index in [1.165, 1.54) is 18.2 Å². The molecule has 176 valence electrons. The van der Waals surface area contributed by atoms with E-state index in [0.29, 0.717) is 29.8 Å². The number of amides is 2. The number of nitrogens with zero attached hydrogens (tertiary/aromatic N) is 2. The maximum Gasteiger partial charge on any atom is 0.254 e. The first-order valence-electron chi connectivity index (χ1n) is 11.2. The van der Waals surface area contributed by atoms with Crippen LogP contribution in [0.15, 0.2) is 72.8 Å². The first kappa shape index (κ1) is 23.2. The van der Waals surface area contributed by atoms with Crippen LogP contribution >= 0.6 is 0 Å². The number of phenols is 2. The van der Waals surface area contributed by atoms with E-state index in [1.807, 2.05) is 30.3 Å². The molecule has 3 aromatic rings. The number of rotatable bonds is 7. The molecule has 34 heavy (non-hydrogen) atoms. The first-order valence-corrected chi connectivity index (χ1v) is 11.2. The van der Waals surface area contributed by atoms with E-state index in [4.69, 9.17) is 4.74 Å². The molecule has 3 aromatic carbocycles. The smallest absolute Gasteiger partial charge is 0.254 e. The molecule has 2 amide bonds. The Hall–Kier alpha value is -4.00. The van der Waals surface area contributed by atoms with Crippen LogP contribution in [0.5, 0.6) is 17.2 Å². The van der Waals surface area contributed by atoms with Gasteiger partial charge in [0, 0.05) is 24.7 Å². The van der Waals surface area contributed by atoms with Crippen LogP contribution in [0.3, 0.4) is 0 Å². The first-order chi connectivity index (χ1) is 16.4. The Bertz CT molecular complexity index is 1130. The second-order valence-corrected chi connectivity index (χ2v) is 8.47. The molecule has 1 atom stereocenters. The van der Waals surface area contributed by atoms with Crippen molar-refractivity contribution in [3.8, 4) is 17.2 Å². The quantitative estimate of drug-likeness (QED) is 0.562. The van der Waals surface area contributed by atoms with Crippen LogP contribution in [-0.4, -0.2) is 58.1 Å². The number of benzene rings is 3. The molecule has 0 unspecified atom stereocenters. The Labute approximate surface area is 198 Å². The van der Waals surface area contributed by atoms with E-state index in [-0.39, 0.29) is 42.4 Å². The van der Waals surface area contributed by atoms with Crippen molar-refractivity contribution >= 4 is 11.8 Å². The fourth-order valence-corrected chi connectivity index (χ4v) is 4.33. The van der Waals surface area contributed by atoms with Gasteiger partial charge < -0.3 is 24.7 Å². The van der Waals surface area contributed by atoms with Crippen molar-refractivity contribution in [2.24, 2.45) is 0 Å². The predicted octanol–water partition coefficient (Wildman–Crippen LogP) is 3.59.